The van der Waals surface area contributed by atoms with E-state index in [1.165, 1.54) is 10.7 Å². The molecule has 1 amide bonds. The number of amides is 1. The Balaban J connectivity index is 0.00000280. The van der Waals surface area contributed by atoms with Crippen LogP contribution in [0.1, 0.15) is 56.3 Å². The van der Waals surface area contributed by atoms with Crippen LogP contribution >= 0.6 is 12.4 Å². The summed E-state index contributed by atoms with van der Waals surface area (Å²) in [5.74, 6) is -0.00716. The number of carbonyl (C=O) groups excluding carboxylic acids is 1. The summed E-state index contributed by atoms with van der Waals surface area (Å²) in [6, 6.07) is 7.37. The topological polar surface area (TPSA) is 69.7 Å². The molecule has 2 bridgehead atoms. The van der Waals surface area contributed by atoms with Crippen molar-refractivity contribution in [2.45, 2.75) is 62.9 Å². The first-order valence-corrected chi connectivity index (χ1v) is 11.5. The third kappa shape index (κ3) is 5.06. The van der Waals surface area contributed by atoms with Gasteiger partial charge in [-0.3, -0.25) is 4.79 Å². The average molecular weight is 430 g/mol. The molecule has 2 atom stereocenters. The molecule has 2 aliphatic heterocycles. The Morgan fingerprint density at radius 1 is 1.07 bits per heavy atom. The van der Waals surface area contributed by atoms with Crippen LogP contribution in [0.25, 0.3) is 0 Å². The zero-order valence-electron chi connectivity index (χ0n) is 16.8. The number of hydrogen-bond donors (Lipinski definition) is 1. The summed E-state index contributed by atoms with van der Waals surface area (Å²) in [6.07, 6.45) is 4.86. The van der Waals surface area contributed by atoms with Crippen LogP contribution < -0.4 is 5.32 Å². The lowest BCUT2D eigenvalue weighted by atomic mass is 10.1. The number of rotatable bonds is 7. The second-order valence-corrected chi connectivity index (χ2v) is 9.54. The number of sulfonamides is 1. The summed E-state index contributed by atoms with van der Waals surface area (Å²) < 4.78 is 27.2. The summed E-state index contributed by atoms with van der Waals surface area (Å²) in [7, 11) is -3.51. The zero-order chi connectivity index (χ0) is 19.4. The lowest BCUT2D eigenvalue weighted by molar-refractivity contribution is 0.0748. The van der Waals surface area contributed by atoms with Crippen LogP contribution in [0.2, 0.25) is 0 Å². The molecule has 3 rings (SSSR count). The maximum atomic E-state index is 12.9. The van der Waals surface area contributed by atoms with E-state index in [0.717, 1.165) is 38.8 Å². The van der Waals surface area contributed by atoms with E-state index in [9.17, 15) is 13.2 Å². The highest BCUT2D eigenvalue weighted by Crippen LogP contribution is 2.23. The van der Waals surface area contributed by atoms with Gasteiger partial charge in [0.05, 0.1) is 4.90 Å². The van der Waals surface area contributed by atoms with Gasteiger partial charge in [-0.1, -0.05) is 13.8 Å². The fourth-order valence-corrected chi connectivity index (χ4v) is 5.70. The minimum absolute atomic E-state index is 0. The highest BCUT2D eigenvalue weighted by Gasteiger charge is 2.31. The highest BCUT2D eigenvalue weighted by molar-refractivity contribution is 7.89. The maximum absolute atomic E-state index is 12.9. The molecule has 0 spiro atoms. The normalized spacial score (nSPS) is 22.0. The smallest absolute Gasteiger partial charge is 0.253 e. The quantitative estimate of drug-likeness (QED) is 0.723. The fourth-order valence-electron chi connectivity index (χ4n) is 4.08. The third-order valence-electron chi connectivity index (χ3n) is 5.50. The summed E-state index contributed by atoms with van der Waals surface area (Å²) in [5.41, 5.74) is 0.559. The molecule has 2 heterocycles. The van der Waals surface area contributed by atoms with Crippen molar-refractivity contribution in [1.29, 1.82) is 0 Å². The van der Waals surface area contributed by atoms with Gasteiger partial charge in [-0.2, -0.15) is 4.31 Å². The van der Waals surface area contributed by atoms with E-state index in [2.05, 4.69) is 5.32 Å². The number of carbonyl (C=O) groups is 1. The molecule has 158 valence electrons. The van der Waals surface area contributed by atoms with E-state index in [-0.39, 0.29) is 23.2 Å². The van der Waals surface area contributed by atoms with E-state index < -0.39 is 10.0 Å². The molecule has 0 radical (unpaired) electrons. The second-order valence-electron chi connectivity index (χ2n) is 7.61. The standard InChI is InChI=1S/C20H31N3O3S.ClH/c1-3-12-23(13-4-2)27(25,26)19-9-5-16(6-10-19)20(24)22-14-11-17-7-8-18(15-22)21-17;/h5-6,9-10,17-18,21H,3-4,7-8,11-15H2,1-2H3;1H. The van der Waals surface area contributed by atoms with Gasteiger partial charge in [0.15, 0.2) is 0 Å². The van der Waals surface area contributed by atoms with Gasteiger partial charge in [0.25, 0.3) is 5.91 Å². The Hall–Kier alpha value is -1.15. The maximum Gasteiger partial charge on any atom is 0.253 e. The average Bonchev–Trinajstić information content (AvgIpc) is 3.00. The van der Waals surface area contributed by atoms with Crippen molar-refractivity contribution >= 4 is 28.3 Å². The summed E-state index contributed by atoms with van der Waals surface area (Å²) in [6.45, 7) is 6.47. The second kappa shape index (κ2) is 10.1. The minimum atomic E-state index is -3.51. The summed E-state index contributed by atoms with van der Waals surface area (Å²) in [5, 5.41) is 3.58. The molecule has 6 nitrogen and oxygen atoms in total. The molecule has 0 aliphatic carbocycles. The largest absolute Gasteiger partial charge is 0.337 e. The van der Waals surface area contributed by atoms with Crippen LogP contribution in [-0.4, -0.2) is 61.8 Å². The van der Waals surface area contributed by atoms with Gasteiger partial charge in [-0.15, -0.1) is 12.4 Å². The molecule has 1 aromatic rings. The van der Waals surface area contributed by atoms with Crippen molar-refractivity contribution in [3.63, 3.8) is 0 Å². The zero-order valence-corrected chi connectivity index (χ0v) is 18.4. The van der Waals surface area contributed by atoms with Crippen LogP contribution in [0, 0.1) is 0 Å². The summed E-state index contributed by atoms with van der Waals surface area (Å²) in [4.78, 5) is 15.0. The van der Waals surface area contributed by atoms with Crippen LogP contribution in [-0.2, 0) is 10.0 Å². The number of nitrogens with one attached hydrogen (secondary N) is 1. The van der Waals surface area contributed by atoms with Gasteiger partial charge in [0.1, 0.15) is 0 Å². The minimum Gasteiger partial charge on any atom is -0.337 e. The third-order valence-corrected chi connectivity index (χ3v) is 7.41. The molecule has 1 N–H and O–H groups in total. The lowest BCUT2D eigenvalue weighted by Crippen LogP contribution is -2.39. The molecule has 2 fully saturated rings. The number of hydrogen-bond acceptors (Lipinski definition) is 4. The Bertz CT molecular complexity index is 748. The van der Waals surface area contributed by atoms with Crippen molar-refractivity contribution in [2.24, 2.45) is 0 Å². The van der Waals surface area contributed by atoms with E-state index in [0.29, 0.717) is 30.7 Å². The Kier molecular flexibility index (Phi) is 8.30. The van der Waals surface area contributed by atoms with Gasteiger partial charge in [-0.05, 0) is 56.4 Å². The molecule has 8 heteroatoms. The molecular weight excluding hydrogens is 398 g/mol. The highest BCUT2D eigenvalue weighted by atomic mass is 35.5. The molecular formula is C20H32ClN3O3S. The van der Waals surface area contributed by atoms with Crippen molar-refractivity contribution < 1.29 is 13.2 Å². The summed E-state index contributed by atoms with van der Waals surface area (Å²) >= 11 is 0. The van der Waals surface area contributed by atoms with E-state index in [1.807, 2.05) is 18.7 Å². The monoisotopic (exact) mass is 429 g/mol. The predicted octanol–water partition coefficient (Wildman–Crippen LogP) is 2.89. The first kappa shape index (κ1) is 23.1. The number of nitrogens with zero attached hydrogens (tertiary/aromatic N) is 2. The van der Waals surface area contributed by atoms with Crippen molar-refractivity contribution in [2.75, 3.05) is 26.2 Å². The van der Waals surface area contributed by atoms with Crippen LogP contribution in [0.5, 0.6) is 0 Å². The van der Waals surface area contributed by atoms with Gasteiger partial charge >= 0.3 is 0 Å². The molecule has 2 aliphatic rings. The first-order valence-electron chi connectivity index (χ1n) is 10.1. The van der Waals surface area contributed by atoms with Gasteiger partial charge in [0, 0.05) is 43.8 Å². The lowest BCUT2D eigenvalue weighted by Gasteiger charge is -2.24. The van der Waals surface area contributed by atoms with E-state index in [1.54, 1.807) is 24.3 Å². The van der Waals surface area contributed by atoms with Crippen molar-refractivity contribution in [1.82, 2.24) is 14.5 Å². The number of likely N-dealkylation sites (tertiary alicyclic amines) is 1. The number of benzene rings is 1. The number of fused-ring (bicyclic) bond motifs is 2. The molecule has 0 aromatic heterocycles. The Morgan fingerprint density at radius 2 is 1.68 bits per heavy atom. The van der Waals surface area contributed by atoms with Gasteiger partial charge in [-0.25, -0.2) is 8.42 Å². The van der Waals surface area contributed by atoms with Gasteiger partial charge < -0.3 is 10.2 Å². The van der Waals surface area contributed by atoms with Crippen molar-refractivity contribution in [3.8, 4) is 0 Å². The Labute approximate surface area is 175 Å². The molecule has 0 saturated carbocycles. The Morgan fingerprint density at radius 3 is 2.29 bits per heavy atom. The van der Waals surface area contributed by atoms with Crippen LogP contribution in [0.3, 0.4) is 0 Å². The number of halogens is 1. The van der Waals surface area contributed by atoms with Crippen LogP contribution in [0.15, 0.2) is 29.2 Å². The molecule has 1 aromatic carbocycles. The molecule has 2 saturated heterocycles. The predicted molar refractivity (Wildman–Crippen MR) is 113 cm³/mol. The fraction of sp³-hybridized carbons (Fsp3) is 0.650. The van der Waals surface area contributed by atoms with Gasteiger partial charge in [0.2, 0.25) is 10.0 Å². The SMILES string of the molecule is CCCN(CCC)S(=O)(=O)c1ccc(C(=O)N2CCC3CCC(C2)N3)cc1.Cl. The molecule has 2 unspecified atom stereocenters. The molecule has 28 heavy (non-hydrogen) atoms. The van der Waals surface area contributed by atoms with E-state index >= 15 is 0 Å². The van der Waals surface area contributed by atoms with E-state index in [4.69, 9.17) is 0 Å². The first-order chi connectivity index (χ1) is 13.0. The van der Waals surface area contributed by atoms with Crippen LogP contribution in [0.4, 0.5) is 0 Å². The van der Waals surface area contributed by atoms with Crippen molar-refractivity contribution in [3.05, 3.63) is 29.8 Å².